The van der Waals surface area contributed by atoms with Gasteiger partial charge in [-0.15, -0.1) is 0 Å². The van der Waals surface area contributed by atoms with Gasteiger partial charge in [0, 0.05) is 58.0 Å². The quantitative estimate of drug-likeness (QED) is 0.0904. The summed E-state index contributed by atoms with van der Waals surface area (Å²) < 4.78 is 84.9. The summed E-state index contributed by atoms with van der Waals surface area (Å²) >= 11 is 4.39. The second-order valence-corrected chi connectivity index (χ2v) is 19.4. The highest BCUT2D eigenvalue weighted by molar-refractivity contribution is 14.1. The Morgan fingerprint density at radius 1 is 0.770 bits per heavy atom. The van der Waals surface area contributed by atoms with Crippen LogP contribution in [0.2, 0.25) is 0 Å². The first kappa shape index (κ1) is 40.1. The highest BCUT2D eigenvalue weighted by Gasteiger charge is 2.52. The van der Waals surface area contributed by atoms with Gasteiger partial charge in [-0.2, -0.15) is 28.7 Å². The second-order valence-electron chi connectivity index (χ2n) is 15.0. The number of hydrogen-bond donors (Lipinski definition) is 4. The molecule has 24 heteroatoms. The summed E-state index contributed by atoms with van der Waals surface area (Å²) in [5.74, 6) is 2.32. The van der Waals surface area contributed by atoms with E-state index in [1.54, 1.807) is 9.13 Å². The molecule has 4 aliphatic rings. The van der Waals surface area contributed by atoms with Gasteiger partial charge in [-0.25, -0.2) is 23.1 Å². The lowest BCUT2D eigenvalue weighted by Gasteiger charge is -2.12. The molecule has 0 spiro atoms. The Hall–Kier alpha value is -4.96. The van der Waals surface area contributed by atoms with Gasteiger partial charge < -0.3 is 44.9 Å². The number of halogens is 4. The number of nitrogens with two attached hydrogens (primary N) is 2. The van der Waals surface area contributed by atoms with Crippen LogP contribution < -0.4 is 40.5 Å². The Morgan fingerprint density at radius 3 is 1.89 bits per heavy atom. The maximum absolute atomic E-state index is 14.4. The Bertz CT molecular complexity index is 2920. The summed E-state index contributed by atoms with van der Waals surface area (Å²) in [6.07, 6.45) is -0.332. The molecule has 6 heterocycles. The molecule has 1 amide bonds. The summed E-state index contributed by atoms with van der Waals surface area (Å²) in [6.45, 7) is 0.733. The minimum absolute atomic E-state index is 0.0478. The summed E-state index contributed by atoms with van der Waals surface area (Å²) in [5, 5.41) is 2.60. The number of hydrogen-bond acceptors (Lipinski definition) is 15. The summed E-state index contributed by atoms with van der Waals surface area (Å²) in [7, 11) is -3.45. The fourth-order valence-electron chi connectivity index (χ4n) is 7.63. The SMILES string of the molecule is Nc1nc(F)nc2c1nc(Cc1cc3c(cc1I)OCO3)n2CCNC(=O)C1CC1C1Oc2cc(I)c(Cc3nc4c(N)nc(F)nc4n3CCNS(=O)(=O)C3CC3)cc2O1. The van der Waals surface area contributed by atoms with E-state index >= 15 is 0 Å². The number of carbonyl (C=O) groups excluding carboxylic acids is 1. The first-order valence-corrected chi connectivity index (χ1v) is 22.9. The zero-order chi connectivity index (χ0) is 42.3. The van der Waals surface area contributed by atoms with E-state index in [9.17, 15) is 22.0 Å². The largest absolute Gasteiger partial charge is 0.454 e. The fourth-order valence-corrected chi connectivity index (χ4v) is 10.3. The van der Waals surface area contributed by atoms with Crippen molar-refractivity contribution in [2.45, 2.75) is 56.7 Å². The molecular weight excluding hydrogens is 1050 g/mol. The molecule has 3 unspecified atom stereocenters. The highest BCUT2D eigenvalue weighted by Crippen LogP contribution is 2.49. The van der Waals surface area contributed by atoms with Crippen molar-refractivity contribution in [2.24, 2.45) is 11.8 Å². The Kier molecular flexibility index (Phi) is 10.2. The van der Waals surface area contributed by atoms with E-state index in [0.29, 0.717) is 60.3 Å². The number of nitrogens with zero attached hydrogens (tertiary/aromatic N) is 8. The van der Waals surface area contributed by atoms with Crippen molar-refractivity contribution in [3.8, 4) is 23.0 Å². The van der Waals surface area contributed by atoms with Gasteiger partial charge in [0.15, 0.2) is 57.0 Å². The molecule has 10 rings (SSSR count). The van der Waals surface area contributed by atoms with Gasteiger partial charge in [0.05, 0.1) is 5.25 Å². The molecule has 2 saturated carbocycles. The number of aromatic nitrogens is 8. The standard InChI is InChI=1S/C37H34F2I2N12O7S/c38-36-48-30(42)28-32(50-36)52(26(46-28)9-15-7-22-23(12-20(15)40)58-14-57-22)5-3-44-34(54)18-11-19(18)35-59-24-8-16(21(41)13-25(24)60-35)10-27-47-29-31(43)49-37(39)51-33(29)53(27)6-4-45-61(55,56)17-1-2-17/h7-8,12-13,17-19,35,45H,1-6,9-11,14H2,(H,44,54)(H2,42,48,50)(H2,43,49,51). The summed E-state index contributed by atoms with van der Waals surface area (Å²) in [6, 6.07) is 7.43. The molecule has 6 N–H and O–H groups in total. The van der Waals surface area contributed by atoms with Crippen molar-refractivity contribution in [3.63, 3.8) is 0 Å². The van der Waals surface area contributed by atoms with Crippen LogP contribution in [0.5, 0.6) is 23.0 Å². The number of benzene rings is 2. The first-order chi connectivity index (χ1) is 29.3. The number of sulfonamides is 1. The molecule has 19 nitrogen and oxygen atoms in total. The third-order valence-corrected chi connectivity index (χ3v) is 14.9. The topological polar surface area (TPSA) is 251 Å². The molecule has 2 fully saturated rings. The number of nitrogen functional groups attached to an aromatic ring is 2. The number of ether oxygens (including phenoxy) is 4. The first-order valence-electron chi connectivity index (χ1n) is 19.2. The van der Waals surface area contributed by atoms with Gasteiger partial charge in [-0.1, -0.05) is 0 Å². The molecule has 2 aliphatic heterocycles. The third kappa shape index (κ3) is 7.78. The molecule has 4 aromatic heterocycles. The van der Waals surface area contributed by atoms with E-state index in [1.807, 2.05) is 24.3 Å². The smallest absolute Gasteiger partial charge is 0.312 e. The van der Waals surface area contributed by atoms with Crippen molar-refractivity contribution < 1.29 is 40.9 Å². The number of imidazole rings is 2. The van der Waals surface area contributed by atoms with Gasteiger partial charge >= 0.3 is 12.2 Å². The molecular formula is C37H34F2I2N12O7S. The van der Waals surface area contributed by atoms with Gasteiger partial charge in [0.2, 0.25) is 29.0 Å². The number of nitrogens with one attached hydrogen (secondary N) is 2. The van der Waals surface area contributed by atoms with Crippen molar-refractivity contribution in [2.75, 3.05) is 31.3 Å². The minimum atomic E-state index is -3.45. The van der Waals surface area contributed by atoms with Crippen LogP contribution in [0.15, 0.2) is 24.3 Å². The number of fused-ring (bicyclic) bond motifs is 4. The number of carbonyl (C=O) groups is 1. The van der Waals surface area contributed by atoms with E-state index in [4.69, 9.17) is 30.4 Å². The van der Waals surface area contributed by atoms with Crippen LogP contribution in [0, 0.1) is 31.1 Å². The molecule has 6 aromatic rings. The van der Waals surface area contributed by atoms with Crippen LogP contribution >= 0.6 is 45.2 Å². The molecule has 0 radical (unpaired) electrons. The fraction of sp³-hybridized carbons (Fsp3) is 0.378. The van der Waals surface area contributed by atoms with Crippen LogP contribution in [0.25, 0.3) is 22.3 Å². The van der Waals surface area contributed by atoms with E-state index in [-0.39, 0.29) is 91.1 Å². The zero-order valence-electron chi connectivity index (χ0n) is 31.7. The maximum Gasteiger partial charge on any atom is 0.312 e. The summed E-state index contributed by atoms with van der Waals surface area (Å²) in [4.78, 5) is 37.9. The van der Waals surface area contributed by atoms with E-state index < -0.39 is 33.7 Å². The van der Waals surface area contributed by atoms with E-state index in [1.165, 1.54) is 0 Å². The van der Waals surface area contributed by atoms with Gasteiger partial charge in [-0.3, -0.25) is 4.79 Å². The van der Waals surface area contributed by atoms with Crippen molar-refractivity contribution in [1.82, 2.24) is 49.1 Å². The van der Waals surface area contributed by atoms with E-state index in [0.717, 1.165) is 18.3 Å². The van der Waals surface area contributed by atoms with Crippen LogP contribution in [0.4, 0.5) is 20.4 Å². The average Bonchev–Trinajstić information content (AvgIpc) is 4.07. The minimum Gasteiger partial charge on any atom is -0.454 e. The van der Waals surface area contributed by atoms with Crippen LogP contribution in [-0.4, -0.2) is 84.8 Å². The summed E-state index contributed by atoms with van der Waals surface area (Å²) in [5.41, 5.74) is 14.6. The zero-order valence-corrected chi connectivity index (χ0v) is 36.8. The molecule has 0 bridgehead atoms. The van der Waals surface area contributed by atoms with Gasteiger partial charge in [0.1, 0.15) is 11.6 Å². The number of amides is 1. The average molecular weight is 1080 g/mol. The predicted octanol–water partition coefficient (Wildman–Crippen LogP) is 3.16. The van der Waals surface area contributed by atoms with Crippen molar-refractivity contribution in [3.05, 3.63) is 66.3 Å². The van der Waals surface area contributed by atoms with Crippen LogP contribution in [0.1, 0.15) is 42.0 Å². The third-order valence-electron chi connectivity index (χ3n) is 10.9. The maximum atomic E-state index is 14.4. The monoisotopic (exact) mass is 1080 g/mol. The van der Waals surface area contributed by atoms with Gasteiger partial charge in [-0.05, 0) is 99.8 Å². The number of anilines is 2. The van der Waals surface area contributed by atoms with Crippen molar-refractivity contribution in [1.29, 1.82) is 0 Å². The van der Waals surface area contributed by atoms with E-state index in [2.05, 4.69) is 85.1 Å². The lowest BCUT2D eigenvalue weighted by atomic mass is 10.1. The Balaban J connectivity index is 0.800. The Labute approximate surface area is 372 Å². The molecule has 3 atom stereocenters. The molecule has 2 aromatic carbocycles. The van der Waals surface area contributed by atoms with Crippen molar-refractivity contribution >= 4 is 95.1 Å². The normalized spacial score (nSPS) is 19.0. The molecule has 0 saturated heterocycles. The Morgan fingerprint density at radius 2 is 1.30 bits per heavy atom. The second kappa shape index (κ2) is 15.4. The van der Waals surface area contributed by atoms with Gasteiger partial charge in [0.25, 0.3) is 0 Å². The molecule has 2 aliphatic carbocycles. The van der Waals surface area contributed by atoms with Crippen LogP contribution in [0.3, 0.4) is 0 Å². The number of rotatable bonds is 14. The van der Waals surface area contributed by atoms with Crippen LogP contribution in [-0.2, 0) is 40.7 Å². The lowest BCUT2D eigenvalue weighted by Crippen LogP contribution is -2.31. The predicted molar refractivity (Wildman–Crippen MR) is 229 cm³/mol. The molecule has 61 heavy (non-hydrogen) atoms. The molecule has 318 valence electrons. The lowest BCUT2D eigenvalue weighted by molar-refractivity contribution is -0.123. The highest BCUT2D eigenvalue weighted by atomic mass is 127.